The number of rotatable bonds is 3. The standard InChI is InChI=1S/C13H17NO3/c1-10-4-5-12(16-2)11(8-10)9-13(15)14-6-3-7-17-14/h4-5,8H,3,6-7,9H2,1-2H3. The molecule has 0 radical (unpaired) electrons. The van der Waals surface area contributed by atoms with Gasteiger partial charge in [0.15, 0.2) is 0 Å². The van der Waals surface area contributed by atoms with E-state index in [0.29, 0.717) is 19.6 Å². The van der Waals surface area contributed by atoms with E-state index in [-0.39, 0.29) is 5.91 Å². The molecule has 0 atom stereocenters. The normalized spacial score (nSPS) is 15.1. The predicted molar refractivity (Wildman–Crippen MR) is 63.7 cm³/mol. The molecule has 1 heterocycles. The molecule has 0 N–H and O–H groups in total. The van der Waals surface area contributed by atoms with E-state index in [4.69, 9.17) is 9.57 Å². The van der Waals surface area contributed by atoms with Gasteiger partial charge in [0.05, 0.1) is 26.7 Å². The molecule has 1 fully saturated rings. The van der Waals surface area contributed by atoms with E-state index in [1.165, 1.54) is 5.06 Å². The molecule has 0 saturated carbocycles. The highest BCUT2D eigenvalue weighted by Gasteiger charge is 2.20. The zero-order chi connectivity index (χ0) is 12.3. The first kappa shape index (κ1) is 11.9. The number of hydrogen-bond acceptors (Lipinski definition) is 3. The van der Waals surface area contributed by atoms with E-state index < -0.39 is 0 Å². The number of carbonyl (C=O) groups is 1. The molecule has 2 rings (SSSR count). The average Bonchev–Trinajstić information content (AvgIpc) is 2.83. The van der Waals surface area contributed by atoms with Crippen LogP contribution in [0.25, 0.3) is 0 Å². The number of ether oxygens (including phenoxy) is 1. The van der Waals surface area contributed by atoms with Crippen molar-refractivity contribution in [2.75, 3.05) is 20.3 Å². The van der Waals surface area contributed by atoms with Crippen molar-refractivity contribution in [3.05, 3.63) is 29.3 Å². The fraction of sp³-hybridized carbons (Fsp3) is 0.462. The highest BCUT2D eigenvalue weighted by atomic mass is 16.7. The van der Waals surface area contributed by atoms with Crippen molar-refractivity contribution < 1.29 is 14.4 Å². The first-order valence-corrected chi connectivity index (χ1v) is 5.77. The molecule has 0 bridgehead atoms. The van der Waals surface area contributed by atoms with Crippen molar-refractivity contribution in [2.24, 2.45) is 0 Å². The first-order valence-electron chi connectivity index (χ1n) is 5.77. The van der Waals surface area contributed by atoms with Crippen molar-refractivity contribution in [1.82, 2.24) is 5.06 Å². The minimum Gasteiger partial charge on any atom is -0.496 e. The molecule has 4 nitrogen and oxygen atoms in total. The van der Waals surface area contributed by atoms with Crippen LogP contribution in [0.1, 0.15) is 17.5 Å². The van der Waals surface area contributed by atoms with E-state index in [9.17, 15) is 4.79 Å². The second kappa shape index (κ2) is 5.19. The Hall–Kier alpha value is -1.55. The predicted octanol–water partition coefficient (Wildman–Crippen LogP) is 1.71. The Bertz CT molecular complexity index is 411. The second-order valence-electron chi connectivity index (χ2n) is 4.17. The minimum atomic E-state index is -0.00796. The molecule has 4 heteroatoms. The van der Waals surface area contributed by atoms with Crippen LogP contribution in [0.4, 0.5) is 0 Å². The third-order valence-corrected chi connectivity index (χ3v) is 2.81. The number of benzene rings is 1. The molecular weight excluding hydrogens is 218 g/mol. The summed E-state index contributed by atoms with van der Waals surface area (Å²) in [5.74, 6) is 0.745. The quantitative estimate of drug-likeness (QED) is 0.800. The summed E-state index contributed by atoms with van der Waals surface area (Å²) in [6.45, 7) is 3.32. The molecule has 17 heavy (non-hydrogen) atoms. The zero-order valence-electron chi connectivity index (χ0n) is 10.2. The lowest BCUT2D eigenvalue weighted by Gasteiger charge is -2.15. The van der Waals surface area contributed by atoms with Gasteiger partial charge in [-0.05, 0) is 19.4 Å². The summed E-state index contributed by atoms with van der Waals surface area (Å²) in [4.78, 5) is 17.2. The third kappa shape index (κ3) is 2.77. The summed E-state index contributed by atoms with van der Waals surface area (Å²) in [6, 6.07) is 5.84. The summed E-state index contributed by atoms with van der Waals surface area (Å²) in [5.41, 5.74) is 2.03. The van der Waals surface area contributed by atoms with Crippen molar-refractivity contribution in [3.63, 3.8) is 0 Å². The molecule has 1 aromatic carbocycles. The average molecular weight is 235 g/mol. The molecule has 1 amide bonds. The SMILES string of the molecule is COc1ccc(C)cc1CC(=O)N1CCCO1. The van der Waals surface area contributed by atoms with E-state index in [0.717, 1.165) is 23.3 Å². The molecular formula is C13H17NO3. The van der Waals surface area contributed by atoms with Crippen molar-refractivity contribution >= 4 is 5.91 Å². The van der Waals surface area contributed by atoms with Gasteiger partial charge in [0.1, 0.15) is 5.75 Å². The van der Waals surface area contributed by atoms with Gasteiger partial charge in [-0.25, -0.2) is 5.06 Å². The van der Waals surface area contributed by atoms with Crippen LogP contribution in [-0.2, 0) is 16.1 Å². The van der Waals surface area contributed by atoms with Crippen LogP contribution in [-0.4, -0.2) is 31.2 Å². The maximum absolute atomic E-state index is 11.9. The molecule has 0 unspecified atom stereocenters. The molecule has 1 aliphatic rings. The fourth-order valence-electron chi connectivity index (χ4n) is 1.94. The number of amides is 1. The highest BCUT2D eigenvalue weighted by Crippen LogP contribution is 2.21. The zero-order valence-corrected chi connectivity index (χ0v) is 10.2. The van der Waals surface area contributed by atoms with E-state index in [1.807, 2.05) is 25.1 Å². The van der Waals surface area contributed by atoms with Crippen LogP contribution < -0.4 is 4.74 Å². The Morgan fingerprint density at radius 3 is 3.00 bits per heavy atom. The summed E-state index contributed by atoms with van der Waals surface area (Å²) in [5, 5.41) is 1.45. The maximum Gasteiger partial charge on any atom is 0.250 e. The highest BCUT2D eigenvalue weighted by molar-refractivity contribution is 5.78. The summed E-state index contributed by atoms with van der Waals surface area (Å²) in [6.07, 6.45) is 1.24. The summed E-state index contributed by atoms with van der Waals surface area (Å²) < 4.78 is 5.25. The van der Waals surface area contributed by atoms with Gasteiger partial charge in [0.25, 0.3) is 5.91 Å². The van der Waals surface area contributed by atoms with Crippen LogP contribution in [0.2, 0.25) is 0 Å². The number of carbonyl (C=O) groups excluding carboxylic acids is 1. The lowest BCUT2D eigenvalue weighted by atomic mass is 10.1. The fourth-order valence-corrected chi connectivity index (χ4v) is 1.94. The lowest BCUT2D eigenvalue weighted by molar-refractivity contribution is -0.167. The van der Waals surface area contributed by atoms with Gasteiger partial charge in [-0.15, -0.1) is 0 Å². The van der Waals surface area contributed by atoms with Gasteiger partial charge in [-0.2, -0.15) is 0 Å². The summed E-state index contributed by atoms with van der Waals surface area (Å²) in [7, 11) is 1.62. The van der Waals surface area contributed by atoms with Crippen LogP contribution >= 0.6 is 0 Å². The van der Waals surface area contributed by atoms with Crippen molar-refractivity contribution in [2.45, 2.75) is 19.8 Å². The Kier molecular flexibility index (Phi) is 3.64. The monoisotopic (exact) mass is 235 g/mol. The third-order valence-electron chi connectivity index (χ3n) is 2.81. The number of nitrogens with zero attached hydrogens (tertiary/aromatic N) is 1. The van der Waals surface area contributed by atoms with E-state index >= 15 is 0 Å². The molecule has 0 aromatic heterocycles. The Morgan fingerprint density at radius 2 is 2.35 bits per heavy atom. The number of hydroxylamine groups is 2. The topological polar surface area (TPSA) is 38.8 Å². The van der Waals surface area contributed by atoms with Gasteiger partial charge in [-0.3, -0.25) is 9.63 Å². The van der Waals surface area contributed by atoms with Crippen LogP contribution in [0, 0.1) is 6.92 Å². The smallest absolute Gasteiger partial charge is 0.250 e. The Balaban J connectivity index is 2.11. The van der Waals surface area contributed by atoms with Gasteiger partial charge < -0.3 is 4.74 Å². The lowest BCUT2D eigenvalue weighted by Crippen LogP contribution is -2.28. The van der Waals surface area contributed by atoms with Crippen molar-refractivity contribution in [3.8, 4) is 5.75 Å². The van der Waals surface area contributed by atoms with Gasteiger partial charge in [-0.1, -0.05) is 17.7 Å². The number of methoxy groups -OCH3 is 1. The molecule has 1 aliphatic heterocycles. The van der Waals surface area contributed by atoms with E-state index in [2.05, 4.69) is 0 Å². The number of aryl methyl sites for hydroxylation is 1. The van der Waals surface area contributed by atoms with Crippen LogP contribution in [0.3, 0.4) is 0 Å². The first-order chi connectivity index (χ1) is 8.20. The number of hydrogen-bond donors (Lipinski definition) is 0. The summed E-state index contributed by atoms with van der Waals surface area (Å²) >= 11 is 0. The maximum atomic E-state index is 11.9. The molecule has 1 aromatic rings. The van der Waals surface area contributed by atoms with Gasteiger partial charge >= 0.3 is 0 Å². The largest absolute Gasteiger partial charge is 0.496 e. The minimum absolute atomic E-state index is 0.00796. The molecule has 1 saturated heterocycles. The van der Waals surface area contributed by atoms with Crippen LogP contribution in [0.15, 0.2) is 18.2 Å². The van der Waals surface area contributed by atoms with Crippen LogP contribution in [0.5, 0.6) is 5.75 Å². The molecule has 0 aliphatic carbocycles. The van der Waals surface area contributed by atoms with E-state index in [1.54, 1.807) is 7.11 Å². The van der Waals surface area contributed by atoms with Crippen molar-refractivity contribution in [1.29, 1.82) is 0 Å². The molecule has 92 valence electrons. The Morgan fingerprint density at radius 1 is 1.53 bits per heavy atom. The Labute approximate surface area is 101 Å². The van der Waals surface area contributed by atoms with Gasteiger partial charge in [0.2, 0.25) is 0 Å². The van der Waals surface area contributed by atoms with Gasteiger partial charge in [0, 0.05) is 5.56 Å². The molecule has 0 spiro atoms. The second-order valence-corrected chi connectivity index (χ2v) is 4.17.